The lowest BCUT2D eigenvalue weighted by Gasteiger charge is -2.38. The molecule has 1 unspecified atom stereocenters. The maximum Gasteiger partial charge on any atom is 0.252 e. The number of nitrogens with one attached hydrogen (secondary N) is 1. The second kappa shape index (κ2) is 10.7. The molecule has 36 heavy (non-hydrogen) atoms. The number of hydrogen-bond donors (Lipinski definition) is 1. The van der Waals surface area contributed by atoms with E-state index in [4.69, 9.17) is 0 Å². The molecular weight excluding hydrogens is 448 g/mol. The molecule has 188 valence electrons. The molecule has 2 aromatic carbocycles. The van der Waals surface area contributed by atoms with Crippen molar-refractivity contribution in [1.29, 1.82) is 0 Å². The topological polar surface area (TPSA) is 79.7 Å². The Bertz CT molecular complexity index is 1350. The molecule has 1 saturated carbocycles. The van der Waals surface area contributed by atoms with Crippen molar-refractivity contribution in [3.05, 3.63) is 87.5 Å². The number of benzene rings is 2. The fourth-order valence-electron chi connectivity index (χ4n) is 5.67. The van der Waals surface area contributed by atoms with Gasteiger partial charge in [0.25, 0.3) is 5.56 Å². The van der Waals surface area contributed by atoms with Crippen molar-refractivity contribution in [2.75, 3.05) is 0 Å². The third-order valence-corrected chi connectivity index (χ3v) is 7.49. The average molecular weight is 485 g/mol. The van der Waals surface area contributed by atoms with Crippen LogP contribution in [-0.2, 0) is 19.5 Å². The predicted molar refractivity (Wildman–Crippen MR) is 143 cm³/mol. The molecule has 0 amide bonds. The molecule has 1 aliphatic carbocycles. The van der Waals surface area contributed by atoms with E-state index >= 15 is 0 Å². The quantitative estimate of drug-likeness (QED) is 0.353. The van der Waals surface area contributed by atoms with E-state index in [-0.39, 0.29) is 17.5 Å². The van der Waals surface area contributed by atoms with E-state index in [1.54, 1.807) is 0 Å². The number of H-pyrrole nitrogens is 1. The molecule has 0 bridgehead atoms. The number of aryl methyl sites for hydroxylation is 3. The van der Waals surface area contributed by atoms with Gasteiger partial charge >= 0.3 is 0 Å². The van der Waals surface area contributed by atoms with Gasteiger partial charge in [-0.25, -0.2) is 4.68 Å². The SMILES string of the molecule is Cc1ccc2[nH]c(=O)c(CN(C3CCCC3)C(c3nnnn3CCc3ccccc3)C(C)C)cc2c1. The standard InChI is InChI=1S/C29H36N6O/c1-20(2)27(28-31-32-33-35(28)16-15-22-9-5-4-6-10-22)34(25-11-7-8-12-25)19-24-18-23-17-21(3)13-14-26(23)30-29(24)36/h4-6,9-10,13-14,17-18,20,25,27H,7-8,11-12,15-16,19H2,1-3H3,(H,30,36). The van der Waals surface area contributed by atoms with Crippen LogP contribution in [0.3, 0.4) is 0 Å². The number of pyridine rings is 1. The van der Waals surface area contributed by atoms with Crippen LogP contribution in [0.5, 0.6) is 0 Å². The van der Waals surface area contributed by atoms with Gasteiger partial charge in [-0.3, -0.25) is 9.69 Å². The van der Waals surface area contributed by atoms with E-state index in [2.05, 4.69) is 82.6 Å². The molecule has 2 heterocycles. The predicted octanol–water partition coefficient (Wildman–Crippen LogP) is 5.21. The largest absolute Gasteiger partial charge is 0.322 e. The summed E-state index contributed by atoms with van der Waals surface area (Å²) in [5.41, 5.74) is 4.12. The fraction of sp³-hybridized carbons (Fsp3) is 0.448. The summed E-state index contributed by atoms with van der Waals surface area (Å²) in [7, 11) is 0. The van der Waals surface area contributed by atoms with Crippen LogP contribution in [0.1, 0.15) is 68.1 Å². The van der Waals surface area contributed by atoms with Crippen molar-refractivity contribution in [3.8, 4) is 0 Å². The maximum absolute atomic E-state index is 13.1. The van der Waals surface area contributed by atoms with E-state index in [0.717, 1.165) is 48.1 Å². The molecule has 7 heteroatoms. The molecule has 0 radical (unpaired) electrons. The van der Waals surface area contributed by atoms with Crippen molar-refractivity contribution < 1.29 is 0 Å². The number of hydrogen-bond acceptors (Lipinski definition) is 5. The van der Waals surface area contributed by atoms with Crippen molar-refractivity contribution in [1.82, 2.24) is 30.1 Å². The van der Waals surface area contributed by atoms with Gasteiger partial charge in [-0.15, -0.1) is 5.10 Å². The average Bonchev–Trinajstić information content (AvgIpc) is 3.56. The van der Waals surface area contributed by atoms with Crippen LogP contribution in [0.4, 0.5) is 0 Å². The zero-order valence-electron chi connectivity index (χ0n) is 21.5. The van der Waals surface area contributed by atoms with Crippen LogP contribution in [0.25, 0.3) is 10.9 Å². The summed E-state index contributed by atoms with van der Waals surface area (Å²) in [5.74, 6) is 1.18. The molecule has 0 saturated heterocycles. The van der Waals surface area contributed by atoms with E-state index < -0.39 is 0 Å². The smallest absolute Gasteiger partial charge is 0.252 e. The first-order valence-electron chi connectivity index (χ1n) is 13.2. The van der Waals surface area contributed by atoms with Gasteiger partial charge < -0.3 is 4.98 Å². The van der Waals surface area contributed by atoms with Gasteiger partial charge in [-0.1, -0.05) is 68.7 Å². The first-order valence-corrected chi connectivity index (χ1v) is 13.2. The lowest BCUT2D eigenvalue weighted by molar-refractivity contribution is 0.0840. The van der Waals surface area contributed by atoms with Crippen LogP contribution in [0.15, 0.2) is 59.4 Å². The summed E-state index contributed by atoms with van der Waals surface area (Å²) < 4.78 is 1.97. The normalized spacial score (nSPS) is 15.4. The highest BCUT2D eigenvalue weighted by molar-refractivity contribution is 5.79. The molecule has 0 aliphatic heterocycles. The molecule has 1 atom stereocenters. The van der Waals surface area contributed by atoms with Crippen molar-refractivity contribution in [3.63, 3.8) is 0 Å². The molecule has 1 fully saturated rings. The highest BCUT2D eigenvalue weighted by atomic mass is 16.1. The Morgan fingerprint density at radius 2 is 1.86 bits per heavy atom. The number of aromatic amines is 1. The summed E-state index contributed by atoms with van der Waals surface area (Å²) >= 11 is 0. The maximum atomic E-state index is 13.1. The Hall–Kier alpha value is -3.32. The molecule has 7 nitrogen and oxygen atoms in total. The van der Waals surface area contributed by atoms with Crippen molar-refractivity contribution in [2.45, 2.75) is 78.0 Å². The summed E-state index contributed by atoms with van der Waals surface area (Å²) in [4.78, 5) is 18.8. The molecule has 1 aliphatic rings. The van der Waals surface area contributed by atoms with Gasteiger partial charge in [0.1, 0.15) is 0 Å². The number of nitrogens with zero attached hydrogens (tertiary/aromatic N) is 5. The molecular formula is C29H36N6O. The molecule has 2 aromatic heterocycles. The van der Waals surface area contributed by atoms with E-state index in [0.29, 0.717) is 12.6 Å². The van der Waals surface area contributed by atoms with Crippen molar-refractivity contribution >= 4 is 10.9 Å². The number of fused-ring (bicyclic) bond motifs is 1. The van der Waals surface area contributed by atoms with E-state index in [1.807, 2.05) is 22.9 Å². The van der Waals surface area contributed by atoms with Crippen molar-refractivity contribution in [2.24, 2.45) is 5.92 Å². The minimum Gasteiger partial charge on any atom is -0.322 e. The zero-order valence-corrected chi connectivity index (χ0v) is 21.5. The first kappa shape index (κ1) is 24.4. The van der Waals surface area contributed by atoms with E-state index in [9.17, 15) is 4.79 Å². The Balaban J connectivity index is 1.49. The van der Waals surface area contributed by atoms with Gasteiger partial charge in [0.15, 0.2) is 5.82 Å². The Labute approximate surface area is 212 Å². The lowest BCUT2D eigenvalue weighted by atomic mass is 9.97. The van der Waals surface area contributed by atoms with Crippen LogP contribution < -0.4 is 5.56 Å². The van der Waals surface area contributed by atoms with Crippen LogP contribution in [0, 0.1) is 12.8 Å². The third-order valence-electron chi connectivity index (χ3n) is 7.49. The summed E-state index contributed by atoms with van der Waals surface area (Å²) in [6.07, 6.45) is 5.59. The van der Waals surface area contributed by atoms with Gasteiger partial charge in [0.2, 0.25) is 0 Å². The second-order valence-electron chi connectivity index (χ2n) is 10.5. The Morgan fingerprint density at radius 1 is 1.08 bits per heavy atom. The number of aromatic nitrogens is 5. The fourth-order valence-corrected chi connectivity index (χ4v) is 5.67. The molecule has 0 spiro atoms. The van der Waals surface area contributed by atoms with Gasteiger partial charge in [0.05, 0.1) is 6.04 Å². The molecule has 4 aromatic rings. The Morgan fingerprint density at radius 3 is 2.61 bits per heavy atom. The number of tetrazole rings is 1. The Kier molecular flexibility index (Phi) is 7.28. The minimum absolute atomic E-state index is 0.0134. The highest BCUT2D eigenvalue weighted by Crippen LogP contribution is 2.36. The molecule has 5 rings (SSSR count). The van der Waals surface area contributed by atoms with Crippen LogP contribution in [-0.4, -0.2) is 36.1 Å². The second-order valence-corrected chi connectivity index (χ2v) is 10.5. The lowest BCUT2D eigenvalue weighted by Crippen LogP contribution is -2.41. The van der Waals surface area contributed by atoms with Crippen LogP contribution >= 0.6 is 0 Å². The third kappa shape index (κ3) is 5.26. The minimum atomic E-state index is -0.0134. The van der Waals surface area contributed by atoms with E-state index in [1.165, 1.54) is 24.0 Å². The number of rotatable bonds is 9. The van der Waals surface area contributed by atoms with Gasteiger partial charge in [-0.05, 0) is 71.7 Å². The first-order chi connectivity index (χ1) is 17.5. The summed E-state index contributed by atoms with van der Waals surface area (Å²) in [5, 5.41) is 14.1. The monoisotopic (exact) mass is 484 g/mol. The molecule has 1 N–H and O–H groups in total. The zero-order chi connectivity index (χ0) is 25.1. The van der Waals surface area contributed by atoms with Gasteiger partial charge in [-0.2, -0.15) is 0 Å². The van der Waals surface area contributed by atoms with Crippen LogP contribution in [0.2, 0.25) is 0 Å². The van der Waals surface area contributed by atoms with Gasteiger partial charge in [0, 0.05) is 30.2 Å². The summed E-state index contributed by atoms with van der Waals surface area (Å²) in [6, 6.07) is 19.1. The highest BCUT2D eigenvalue weighted by Gasteiger charge is 2.35. The summed E-state index contributed by atoms with van der Waals surface area (Å²) in [6.45, 7) is 7.86.